The van der Waals surface area contributed by atoms with E-state index in [0.29, 0.717) is 11.1 Å². The summed E-state index contributed by atoms with van der Waals surface area (Å²) in [7, 11) is 5.78. The SMILES string of the molecule is C[N+](C)(C)NCCC(=O)[O-].O=C(O)c1cccnc1. The van der Waals surface area contributed by atoms with Crippen molar-refractivity contribution in [2.24, 2.45) is 0 Å². The zero-order valence-corrected chi connectivity index (χ0v) is 11.3. The number of nitrogens with one attached hydrogen (secondary N) is 1. The average molecular weight is 269 g/mol. The van der Waals surface area contributed by atoms with Gasteiger partial charge < -0.3 is 15.0 Å². The Bertz CT molecular complexity index is 401. The minimum atomic E-state index is -1.01. The second kappa shape index (κ2) is 8.17. The van der Waals surface area contributed by atoms with E-state index in [2.05, 4.69) is 10.4 Å². The zero-order chi connectivity index (χ0) is 14.9. The van der Waals surface area contributed by atoms with E-state index in [0.717, 1.165) is 0 Å². The topological polar surface area (TPSA) is 102 Å². The summed E-state index contributed by atoms with van der Waals surface area (Å²) in [6.07, 6.45) is 2.91. The summed E-state index contributed by atoms with van der Waals surface area (Å²) in [5.41, 5.74) is 3.19. The highest BCUT2D eigenvalue weighted by molar-refractivity contribution is 5.86. The molecule has 1 rings (SSSR count). The Balaban J connectivity index is 0.000000342. The Morgan fingerprint density at radius 3 is 2.37 bits per heavy atom. The minimum Gasteiger partial charge on any atom is -0.550 e. The van der Waals surface area contributed by atoms with E-state index < -0.39 is 11.9 Å². The van der Waals surface area contributed by atoms with Crippen LogP contribution in [0.15, 0.2) is 24.5 Å². The second-order valence-electron chi connectivity index (χ2n) is 4.59. The number of carbonyl (C=O) groups is 2. The number of aromatic nitrogens is 1. The van der Waals surface area contributed by atoms with Crippen molar-refractivity contribution < 1.29 is 24.4 Å². The van der Waals surface area contributed by atoms with E-state index in [-0.39, 0.29) is 12.0 Å². The molecule has 1 aromatic rings. The standard InChI is InChI=1S/C6H14N2O2.C6H5NO2/c1-8(2,3)7-5-4-6(9)10;8-6(9)5-2-1-3-7-4-5/h7H,4-5H2,1-3H3;1-4H,(H,8,9). The predicted molar refractivity (Wildman–Crippen MR) is 66.9 cm³/mol. The molecule has 19 heavy (non-hydrogen) atoms. The number of carboxylic acids is 2. The minimum absolute atomic E-state index is 0.0650. The van der Waals surface area contributed by atoms with Gasteiger partial charge in [-0.05, 0) is 12.1 Å². The number of nitrogens with zero attached hydrogens (tertiary/aromatic N) is 2. The third kappa shape index (κ3) is 10.9. The highest BCUT2D eigenvalue weighted by atomic mass is 16.4. The van der Waals surface area contributed by atoms with Crippen LogP contribution in [-0.2, 0) is 4.79 Å². The Kier molecular flexibility index (Phi) is 7.32. The van der Waals surface area contributed by atoms with Crippen molar-refractivity contribution in [1.82, 2.24) is 10.4 Å². The van der Waals surface area contributed by atoms with Crippen LogP contribution in [0.5, 0.6) is 0 Å². The van der Waals surface area contributed by atoms with E-state index in [9.17, 15) is 14.7 Å². The van der Waals surface area contributed by atoms with Crippen LogP contribution in [0.1, 0.15) is 16.8 Å². The molecule has 0 aliphatic carbocycles. The summed E-state index contributed by atoms with van der Waals surface area (Å²) in [5, 5.41) is 18.3. The van der Waals surface area contributed by atoms with Crippen LogP contribution in [0, 0.1) is 0 Å². The first-order chi connectivity index (χ1) is 8.72. The molecule has 106 valence electrons. The molecular weight excluding hydrogens is 250 g/mol. The maximum atomic E-state index is 10.2. The molecule has 0 radical (unpaired) electrons. The van der Waals surface area contributed by atoms with E-state index in [1.807, 2.05) is 21.1 Å². The number of carbonyl (C=O) groups excluding carboxylic acids is 1. The van der Waals surface area contributed by atoms with Gasteiger partial charge in [-0.15, -0.1) is 0 Å². The van der Waals surface area contributed by atoms with E-state index >= 15 is 0 Å². The lowest BCUT2D eigenvalue weighted by molar-refractivity contribution is -0.915. The van der Waals surface area contributed by atoms with Crippen molar-refractivity contribution in [1.29, 1.82) is 0 Å². The monoisotopic (exact) mass is 269 g/mol. The van der Waals surface area contributed by atoms with Crippen molar-refractivity contribution in [3.63, 3.8) is 0 Å². The van der Waals surface area contributed by atoms with Gasteiger partial charge in [0.2, 0.25) is 0 Å². The third-order valence-corrected chi connectivity index (χ3v) is 1.82. The van der Waals surface area contributed by atoms with Crippen molar-refractivity contribution in [2.75, 3.05) is 27.7 Å². The number of hydrogen-bond donors (Lipinski definition) is 2. The Labute approximate surface area is 112 Å². The van der Waals surface area contributed by atoms with E-state index in [4.69, 9.17) is 5.11 Å². The van der Waals surface area contributed by atoms with Crippen LogP contribution < -0.4 is 10.5 Å². The van der Waals surface area contributed by atoms with Crippen LogP contribution in [-0.4, -0.2) is 54.3 Å². The van der Waals surface area contributed by atoms with Gasteiger partial charge in [-0.2, -0.15) is 5.43 Å². The zero-order valence-electron chi connectivity index (χ0n) is 11.3. The van der Waals surface area contributed by atoms with Gasteiger partial charge in [-0.3, -0.25) is 9.58 Å². The van der Waals surface area contributed by atoms with Gasteiger partial charge in [-0.25, -0.2) is 4.79 Å². The maximum Gasteiger partial charge on any atom is 0.337 e. The first kappa shape index (κ1) is 17.0. The Morgan fingerprint density at radius 2 is 2.05 bits per heavy atom. The van der Waals surface area contributed by atoms with Gasteiger partial charge in [0.25, 0.3) is 0 Å². The molecule has 0 saturated carbocycles. The fourth-order valence-corrected chi connectivity index (χ4v) is 0.983. The van der Waals surface area contributed by atoms with Crippen molar-refractivity contribution in [2.45, 2.75) is 6.42 Å². The Morgan fingerprint density at radius 1 is 1.42 bits per heavy atom. The molecule has 0 unspecified atom stereocenters. The van der Waals surface area contributed by atoms with Gasteiger partial charge in [0.1, 0.15) is 0 Å². The number of quaternary nitrogens is 1. The fraction of sp³-hybridized carbons (Fsp3) is 0.417. The quantitative estimate of drug-likeness (QED) is 0.531. The van der Waals surface area contributed by atoms with E-state index in [1.54, 1.807) is 6.07 Å². The van der Waals surface area contributed by atoms with Gasteiger partial charge in [-0.1, -0.05) is 0 Å². The van der Waals surface area contributed by atoms with Crippen LogP contribution in [0.3, 0.4) is 0 Å². The summed E-state index contributed by atoms with van der Waals surface area (Å²) in [5.74, 6) is -1.95. The molecule has 2 N–H and O–H groups in total. The van der Waals surface area contributed by atoms with Crippen molar-refractivity contribution in [3.05, 3.63) is 30.1 Å². The summed E-state index contributed by atoms with van der Waals surface area (Å²) in [6.45, 7) is 0.450. The lowest BCUT2D eigenvalue weighted by atomic mass is 10.3. The van der Waals surface area contributed by atoms with Gasteiger partial charge in [0, 0.05) is 31.3 Å². The number of aliphatic carboxylic acids is 1. The number of pyridine rings is 1. The first-order valence-corrected chi connectivity index (χ1v) is 5.62. The van der Waals surface area contributed by atoms with Gasteiger partial charge >= 0.3 is 5.97 Å². The highest BCUT2D eigenvalue weighted by Crippen LogP contribution is 1.92. The largest absolute Gasteiger partial charge is 0.550 e. The van der Waals surface area contributed by atoms with Gasteiger partial charge in [0.05, 0.1) is 26.7 Å². The number of rotatable bonds is 5. The highest BCUT2D eigenvalue weighted by Gasteiger charge is 2.03. The lowest BCUT2D eigenvalue weighted by Crippen LogP contribution is -2.49. The molecule has 7 heteroatoms. The number of hydrogen-bond acceptors (Lipinski definition) is 5. The van der Waals surface area contributed by atoms with Gasteiger partial charge in [0.15, 0.2) is 0 Å². The summed E-state index contributed by atoms with van der Waals surface area (Å²) >= 11 is 0. The summed E-state index contributed by atoms with van der Waals surface area (Å²) in [4.78, 5) is 23.7. The van der Waals surface area contributed by atoms with Crippen LogP contribution in [0.25, 0.3) is 0 Å². The maximum absolute atomic E-state index is 10.2. The second-order valence-corrected chi connectivity index (χ2v) is 4.59. The van der Waals surface area contributed by atoms with E-state index in [1.165, 1.54) is 18.5 Å². The lowest BCUT2D eigenvalue weighted by Gasteiger charge is -2.23. The average Bonchev–Trinajstić information content (AvgIpc) is 2.28. The Hall–Kier alpha value is -1.99. The molecule has 7 nitrogen and oxygen atoms in total. The summed E-state index contributed by atoms with van der Waals surface area (Å²) < 4.78 is 0.563. The molecule has 0 aliphatic heterocycles. The predicted octanol–water partition coefficient (Wildman–Crippen LogP) is -0.883. The van der Waals surface area contributed by atoms with Crippen LogP contribution in [0.2, 0.25) is 0 Å². The number of carboxylic acid groups (broad SMARTS) is 2. The first-order valence-electron chi connectivity index (χ1n) is 5.62. The molecule has 0 spiro atoms. The normalized spacial score (nSPS) is 10.3. The van der Waals surface area contributed by atoms with Crippen molar-refractivity contribution in [3.8, 4) is 0 Å². The molecule has 0 saturated heterocycles. The molecule has 0 aromatic carbocycles. The smallest absolute Gasteiger partial charge is 0.337 e. The molecule has 0 aliphatic rings. The number of aromatic carboxylic acids is 1. The van der Waals surface area contributed by atoms with Crippen LogP contribution in [0.4, 0.5) is 0 Å². The third-order valence-electron chi connectivity index (χ3n) is 1.82. The molecule has 1 aromatic heterocycles. The van der Waals surface area contributed by atoms with Crippen molar-refractivity contribution >= 4 is 11.9 Å². The molecule has 1 heterocycles. The molecule has 0 amide bonds. The molecule has 0 bridgehead atoms. The van der Waals surface area contributed by atoms with Crippen LogP contribution >= 0.6 is 0 Å². The molecular formula is C12H19N3O4. The molecule has 0 atom stereocenters. The fourth-order valence-electron chi connectivity index (χ4n) is 0.983. The summed E-state index contributed by atoms with van der Waals surface area (Å²) in [6, 6.07) is 3.08. The molecule has 0 fully saturated rings.